The van der Waals surface area contributed by atoms with Crippen LogP contribution in [0.4, 0.5) is 0 Å². The van der Waals surface area contributed by atoms with Gasteiger partial charge in [0.15, 0.2) is 17.5 Å². The molecular formula is C18H30IN3O2. The second-order valence-electron chi connectivity index (χ2n) is 6.70. The number of guanidine groups is 1. The molecule has 1 aromatic carbocycles. The van der Waals surface area contributed by atoms with Crippen LogP contribution in [0.1, 0.15) is 32.3 Å². The first kappa shape index (κ1) is 20.9. The lowest BCUT2D eigenvalue weighted by Gasteiger charge is -2.27. The molecule has 1 aliphatic rings. The van der Waals surface area contributed by atoms with Gasteiger partial charge in [-0.05, 0) is 36.5 Å². The number of nitrogens with one attached hydrogen (secondary N) is 2. The van der Waals surface area contributed by atoms with Crippen LogP contribution >= 0.6 is 24.0 Å². The summed E-state index contributed by atoms with van der Waals surface area (Å²) in [5, 5.41) is 6.81. The number of rotatable bonds is 7. The van der Waals surface area contributed by atoms with E-state index in [0.29, 0.717) is 0 Å². The Balaban J connectivity index is 0.00000288. The van der Waals surface area contributed by atoms with E-state index in [0.717, 1.165) is 36.5 Å². The van der Waals surface area contributed by atoms with Crippen molar-refractivity contribution < 1.29 is 9.47 Å². The van der Waals surface area contributed by atoms with E-state index in [4.69, 9.17) is 9.47 Å². The van der Waals surface area contributed by atoms with Crippen LogP contribution < -0.4 is 20.1 Å². The van der Waals surface area contributed by atoms with Crippen molar-refractivity contribution >= 4 is 29.9 Å². The normalized spacial score (nSPS) is 14.6. The second-order valence-corrected chi connectivity index (χ2v) is 6.70. The van der Waals surface area contributed by atoms with Crippen molar-refractivity contribution in [3.8, 4) is 11.5 Å². The topological polar surface area (TPSA) is 54.9 Å². The van der Waals surface area contributed by atoms with E-state index in [1.807, 2.05) is 19.2 Å². The summed E-state index contributed by atoms with van der Waals surface area (Å²) in [4.78, 5) is 4.30. The van der Waals surface area contributed by atoms with Crippen molar-refractivity contribution in [1.82, 2.24) is 10.6 Å². The molecule has 2 rings (SSSR count). The van der Waals surface area contributed by atoms with Gasteiger partial charge in [-0.3, -0.25) is 4.99 Å². The highest BCUT2D eigenvalue weighted by Gasteiger charge is 2.24. The summed E-state index contributed by atoms with van der Waals surface area (Å²) in [5.41, 5.74) is 1.14. The first-order chi connectivity index (χ1) is 11.0. The van der Waals surface area contributed by atoms with E-state index in [1.54, 1.807) is 14.2 Å². The van der Waals surface area contributed by atoms with E-state index < -0.39 is 0 Å². The zero-order chi connectivity index (χ0) is 16.9. The van der Waals surface area contributed by atoms with Gasteiger partial charge >= 0.3 is 0 Å². The van der Waals surface area contributed by atoms with Crippen molar-refractivity contribution in [3.05, 3.63) is 23.8 Å². The molecule has 0 atom stereocenters. The Kier molecular flexibility index (Phi) is 8.12. The van der Waals surface area contributed by atoms with Crippen LogP contribution in [0.25, 0.3) is 0 Å². The summed E-state index contributed by atoms with van der Waals surface area (Å²) in [6.45, 7) is 6.20. The van der Waals surface area contributed by atoms with E-state index >= 15 is 0 Å². The minimum absolute atomic E-state index is 0. The quantitative estimate of drug-likeness (QED) is 0.383. The fourth-order valence-corrected chi connectivity index (χ4v) is 2.45. The highest BCUT2D eigenvalue weighted by molar-refractivity contribution is 14.0. The summed E-state index contributed by atoms with van der Waals surface area (Å²) < 4.78 is 10.7. The molecule has 5 nitrogen and oxygen atoms in total. The molecule has 1 fully saturated rings. The molecule has 1 saturated carbocycles. The van der Waals surface area contributed by atoms with E-state index in [9.17, 15) is 0 Å². The van der Waals surface area contributed by atoms with Gasteiger partial charge in [-0.15, -0.1) is 24.0 Å². The molecular weight excluding hydrogens is 417 g/mol. The van der Waals surface area contributed by atoms with Gasteiger partial charge < -0.3 is 20.1 Å². The van der Waals surface area contributed by atoms with Crippen LogP contribution in [0.3, 0.4) is 0 Å². The number of ether oxygens (including phenoxy) is 2. The lowest BCUT2D eigenvalue weighted by Crippen LogP contribution is -2.44. The van der Waals surface area contributed by atoms with Crippen LogP contribution in [0.2, 0.25) is 0 Å². The Morgan fingerprint density at radius 3 is 2.38 bits per heavy atom. The van der Waals surface area contributed by atoms with Crippen LogP contribution in [-0.2, 0) is 5.41 Å². The Morgan fingerprint density at radius 1 is 1.17 bits per heavy atom. The Labute approximate surface area is 162 Å². The number of aliphatic imine (C=N–C) groups is 1. The number of nitrogens with zero attached hydrogens (tertiary/aromatic N) is 1. The summed E-state index contributed by atoms with van der Waals surface area (Å²) in [5.74, 6) is 3.20. The molecule has 0 radical (unpaired) electrons. The molecule has 0 bridgehead atoms. The third kappa shape index (κ3) is 5.72. The Hall–Kier alpha value is -1.18. The number of halogens is 1. The van der Waals surface area contributed by atoms with E-state index in [2.05, 4.69) is 35.5 Å². The predicted octanol–water partition coefficient (Wildman–Crippen LogP) is 3.17. The highest BCUT2D eigenvalue weighted by Crippen LogP contribution is 2.33. The van der Waals surface area contributed by atoms with Gasteiger partial charge in [-0.1, -0.05) is 19.9 Å². The molecule has 1 aromatic rings. The number of methoxy groups -OCH3 is 2. The summed E-state index contributed by atoms with van der Waals surface area (Å²) >= 11 is 0. The molecule has 0 unspecified atom stereocenters. The zero-order valence-electron chi connectivity index (χ0n) is 15.3. The fraction of sp³-hybridized carbons (Fsp3) is 0.611. The average molecular weight is 447 g/mol. The maximum Gasteiger partial charge on any atom is 0.191 e. The van der Waals surface area contributed by atoms with Crippen LogP contribution in [0.5, 0.6) is 11.5 Å². The number of benzene rings is 1. The predicted molar refractivity (Wildman–Crippen MR) is 110 cm³/mol. The SMILES string of the molecule is CN=C(NCC1CC1)NCC(C)(C)c1ccc(OC)c(OC)c1.I. The first-order valence-electron chi connectivity index (χ1n) is 8.17. The average Bonchev–Trinajstić information content (AvgIpc) is 3.38. The molecule has 6 heteroatoms. The minimum Gasteiger partial charge on any atom is -0.493 e. The number of hydrogen-bond donors (Lipinski definition) is 2. The summed E-state index contributed by atoms with van der Waals surface area (Å²) in [6.07, 6.45) is 2.67. The standard InChI is InChI=1S/C18H29N3O2.HI/c1-18(2,12-21-17(19-3)20-11-13-6-7-13)14-8-9-15(22-4)16(10-14)23-5;/h8-10,13H,6-7,11-12H2,1-5H3,(H2,19,20,21);1H. The van der Waals surface area contributed by atoms with Crippen LogP contribution in [0, 0.1) is 5.92 Å². The van der Waals surface area contributed by atoms with Gasteiger partial charge in [0, 0.05) is 25.6 Å². The highest BCUT2D eigenvalue weighted by atomic mass is 127. The number of hydrogen-bond acceptors (Lipinski definition) is 3. The zero-order valence-corrected chi connectivity index (χ0v) is 17.6. The van der Waals surface area contributed by atoms with Gasteiger partial charge in [0.2, 0.25) is 0 Å². The fourth-order valence-electron chi connectivity index (χ4n) is 2.45. The maximum atomic E-state index is 5.41. The van der Waals surface area contributed by atoms with Crippen molar-refractivity contribution in [2.75, 3.05) is 34.4 Å². The van der Waals surface area contributed by atoms with Gasteiger partial charge in [-0.25, -0.2) is 0 Å². The smallest absolute Gasteiger partial charge is 0.191 e. The minimum atomic E-state index is -0.0588. The third-order valence-electron chi connectivity index (χ3n) is 4.34. The Morgan fingerprint density at radius 2 is 1.83 bits per heavy atom. The largest absolute Gasteiger partial charge is 0.493 e. The maximum absolute atomic E-state index is 5.41. The van der Waals surface area contributed by atoms with Crippen LogP contribution in [-0.4, -0.2) is 40.3 Å². The van der Waals surface area contributed by atoms with Crippen molar-refractivity contribution in [1.29, 1.82) is 0 Å². The van der Waals surface area contributed by atoms with Gasteiger partial charge in [-0.2, -0.15) is 0 Å². The first-order valence-corrected chi connectivity index (χ1v) is 8.17. The van der Waals surface area contributed by atoms with Crippen molar-refractivity contribution in [2.45, 2.75) is 32.1 Å². The van der Waals surface area contributed by atoms with E-state index in [1.165, 1.54) is 18.4 Å². The lowest BCUT2D eigenvalue weighted by atomic mass is 9.84. The molecule has 0 amide bonds. The molecule has 0 saturated heterocycles. The molecule has 0 aromatic heterocycles. The second kappa shape index (κ2) is 9.34. The van der Waals surface area contributed by atoms with E-state index in [-0.39, 0.29) is 29.4 Å². The van der Waals surface area contributed by atoms with Gasteiger partial charge in [0.05, 0.1) is 14.2 Å². The Bertz CT molecular complexity index is 557. The molecule has 0 aliphatic heterocycles. The summed E-state index contributed by atoms with van der Waals surface area (Å²) in [6, 6.07) is 6.08. The monoisotopic (exact) mass is 447 g/mol. The van der Waals surface area contributed by atoms with Gasteiger partial charge in [0.1, 0.15) is 0 Å². The molecule has 2 N–H and O–H groups in total. The third-order valence-corrected chi connectivity index (χ3v) is 4.34. The molecule has 0 spiro atoms. The van der Waals surface area contributed by atoms with Crippen LogP contribution in [0.15, 0.2) is 23.2 Å². The van der Waals surface area contributed by atoms with Crippen molar-refractivity contribution in [3.63, 3.8) is 0 Å². The molecule has 136 valence electrons. The summed E-state index contributed by atoms with van der Waals surface area (Å²) in [7, 11) is 5.13. The molecule has 1 aliphatic carbocycles. The lowest BCUT2D eigenvalue weighted by molar-refractivity contribution is 0.353. The molecule has 0 heterocycles. The van der Waals surface area contributed by atoms with Gasteiger partial charge in [0.25, 0.3) is 0 Å². The van der Waals surface area contributed by atoms with Crippen molar-refractivity contribution in [2.24, 2.45) is 10.9 Å². The molecule has 24 heavy (non-hydrogen) atoms.